The van der Waals surface area contributed by atoms with Gasteiger partial charge in [0.1, 0.15) is 6.10 Å². The quantitative estimate of drug-likeness (QED) is 0.518. The van der Waals surface area contributed by atoms with Gasteiger partial charge in [-0.05, 0) is 68.9 Å². The van der Waals surface area contributed by atoms with Gasteiger partial charge in [-0.25, -0.2) is 4.79 Å². The lowest BCUT2D eigenvalue weighted by molar-refractivity contribution is -0.114. The number of hydrogen-bond acceptors (Lipinski definition) is 3. The van der Waals surface area contributed by atoms with Gasteiger partial charge in [0.2, 0.25) is 0 Å². The second-order valence-electron chi connectivity index (χ2n) is 6.53. The average Bonchev–Trinajstić information content (AvgIpc) is 2.50. The van der Waals surface area contributed by atoms with Crippen LogP contribution >= 0.6 is 0 Å². The summed E-state index contributed by atoms with van der Waals surface area (Å²) in [4.78, 5) is 25.0. The number of esters is 1. The molecule has 3 nitrogen and oxygen atoms in total. The molecule has 0 saturated carbocycles. The van der Waals surface area contributed by atoms with Gasteiger partial charge >= 0.3 is 5.97 Å². The van der Waals surface area contributed by atoms with E-state index in [1.807, 2.05) is 45.9 Å². The zero-order chi connectivity index (χ0) is 17.7. The molecule has 128 valence electrons. The van der Waals surface area contributed by atoms with Gasteiger partial charge in [0.15, 0.2) is 5.78 Å². The Morgan fingerprint density at radius 3 is 2.46 bits per heavy atom. The van der Waals surface area contributed by atoms with E-state index in [0.717, 1.165) is 35.1 Å². The number of hydrogen-bond donors (Lipinski definition) is 0. The summed E-state index contributed by atoms with van der Waals surface area (Å²) in [7, 11) is 0. The van der Waals surface area contributed by atoms with E-state index in [9.17, 15) is 9.59 Å². The van der Waals surface area contributed by atoms with Crippen molar-refractivity contribution in [3.63, 3.8) is 0 Å². The van der Waals surface area contributed by atoms with E-state index >= 15 is 0 Å². The predicted octanol–water partition coefficient (Wildman–Crippen LogP) is 4.57. The van der Waals surface area contributed by atoms with E-state index in [1.165, 1.54) is 0 Å². The molecular weight excluding hydrogens is 300 g/mol. The molecule has 3 heteroatoms. The minimum atomic E-state index is -0.333. The fourth-order valence-electron chi connectivity index (χ4n) is 3.01. The van der Waals surface area contributed by atoms with Crippen molar-refractivity contribution in [2.24, 2.45) is 0 Å². The fourth-order valence-corrected chi connectivity index (χ4v) is 3.01. The summed E-state index contributed by atoms with van der Waals surface area (Å²) in [5.74, 6) is -0.313. The van der Waals surface area contributed by atoms with E-state index in [0.29, 0.717) is 12.0 Å². The number of benzene rings is 1. The molecule has 1 aliphatic heterocycles. The first-order chi connectivity index (χ1) is 11.4. The summed E-state index contributed by atoms with van der Waals surface area (Å²) in [6, 6.07) is 1.99. The van der Waals surface area contributed by atoms with Crippen LogP contribution in [0, 0.1) is 20.8 Å². The van der Waals surface area contributed by atoms with Crippen LogP contribution in [0.15, 0.2) is 30.4 Å². The van der Waals surface area contributed by atoms with Crippen molar-refractivity contribution in [1.82, 2.24) is 0 Å². The first-order valence-corrected chi connectivity index (χ1v) is 8.55. The van der Waals surface area contributed by atoms with Gasteiger partial charge in [-0.3, -0.25) is 4.79 Å². The van der Waals surface area contributed by atoms with Gasteiger partial charge in [0, 0.05) is 12.8 Å². The molecule has 0 N–H and O–H groups in total. The van der Waals surface area contributed by atoms with Gasteiger partial charge in [-0.1, -0.05) is 24.3 Å². The number of ketones is 1. The van der Waals surface area contributed by atoms with Crippen LogP contribution in [0.1, 0.15) is 58.8 Å². The van der Waals surface area contributed by atoms with Crippen molar-refractivity contribution < 1.29 is 14.3 Å². The molecule has 0 saturated heterocycles. The third kappa shape index (κ3) is 4.44. The maximum atomic E-state index is 12.7. The molecule has 1 heterocycles. The molecule has 1 atom stereocenters. The number of carbonyl (C=O) groups is 2. The Morgan fingerprint density at radius 1 is 1.00 bits per heavy atom. The normalized spacial score (nSPS) is 22.2. The molecule has 0 unspecified atom stereocenters. The number of carbonyl (C=O) groups excluding carboxylic acids is 2. The SMILES string of the molecule is Cc1cc(C)c2c(c1C)CC(=O)/C=C/CC/C=C/C[C@@H](C)OC2=O. The highest BCUT2D eigenvalue weighted by Gasteiger charge is 2.22. The highest BCUT2D eigenvalue weighted by molar-refractivity contribution is 5.98. The highest BCUT2D eigenvalue weighted by atomic mass is 16.5. The van der Waals surface area contributed by atoms with Gasteiger partial charge in [-0.15, -0.1) is 0 Å². The topological polar surface area (TPSA) is 43.4 Å². The van der Waals surface area contributed by atoms with E-state index in [2.05, 4.69) is 6.08 Å². The first-order valence-electron chi connectivity index (χ1n) is 8.55. The molecule has 0 fully saturated rings. The van der Waals surface area contributed by atoms with Crippen LogP contribution in [0.2, 0.25) is 0 Å². The lowest BCUT2D eigenvalue weighted by Gasteiger charge is -2.18. The number of ether oxygens (including phenoxy) is 1. The van der Waals surface area contributed by atoms with Gasteiger partial charge in [-0.2, -0.15) is 0 Å². The number of allylic oxidation sites excluding steroid dienone is 3. The van der Waals surface area contributed by atoms with Crippen LogP contribution in [-0.2, 0) is 16.0 Å². The number of aryl methyl sites for hydroxylation is 2. The average molecular weight is 326 g/mol. The standard InChI is InChI=1S/C21H26O3/c1-14-12-15(2)20-19(17(14)4)13-18(22)11-9-7-5-6-8-10-16(3)24-21(20)23/h6,8-9,11-12,16H,5,7,10,13H2,1-4H3/b8-6+,11-9+/t16-/m1/s1. The van der Waals surface area contributed by atoms with Gasteiger partial charge in [0.05, 0.1) is 5.56 Å². The molecule has 0 bridgehead atoms. The van der Waals surface area contributed by atoms with Gasteiger partial charge < -0.3 is 4.74 Å². The summed E-state index contributed by atoms with van der Waals surface area (Å²) in [6.07, 6.45) is 10.1. The Balaban J connectivity index is 2.49. The largest absolute Gasteiger partial charge is 0.459 e. The minimum absolute atomic E-state index is 0.0197. The van der Waals surface area contributed by atoms with E-state index in [4.69, 9.17) is 4.74 Å². The van der Waals surface area contributed by atoms with E-state index in [1.54, 1.807) is 6.08 Å². The van der Waals surface area contributed by atoms with Crippen molar-refractivity contribution in [3.05, 3.63) is 58.2 Å². The molecule has 0 amide bonds. The first kappa shape index (κ1) is 18.2. The Morgan fingerprint density at radius 2 is 1.71 bits per heavy atom. The molecule has 1 aromatic rings. The maximum Gasteiger partial charge on any atom is 0.338 e. The Kier molecular flexibility index (Phi) is 6.13. The van der Waals surface area contributed by atoms with Crippen molar-refractivity contribution in [3.8, 4) is 0 Å². The fraction of sp³-hybridized carbons (Fsp3) is 0.429. The third-order valence-electron chi connectivity index (χ3n) is 4.48. The van der Waals surface area contributed by atoms with E-state index in [-0.39, 0.29) is 24.3 Å². The van der Waals surface area contributed by atoms with Crippen molar-refractivity contribution in [2.45, 2.75) is 59.5 Å². The summed E-state index contributed by atoms with van der Waals surface area (Å²) in [5, 5.41) is 0. The van der Waals surface area contributed by atoms with Crippen LogP contribution in [0.4, 0.5) is 0 Å². The van der Waals surface area contributed by atoms with Crippen molar-refractivity contribution >= 4 is 11.8 Å². The zero-order valence-corrected chi connectivity index (χ0v) is 15.0. The number of rotatable bonds is 0. The van der Waals surface area contributed by atoms with E-state index < -0.39 is 0 Å². The molecule has 0 spiro atoms. The van der Waals surface area contributed by atoms with Crippen molar-refractivity contribution in [1.29, 1.82) is 0 Å². The summed E-state index contributed by atoms with van der Waals surface area (Å²) < 4.78 is 5.61. The van der Waals surface area contributed by atoms with Crippen molar-refractivity contribution in [2.75, 3.05) is 0 Å². The molecule has 0 radical (unpaired) electrons. The number of fused-ring (bicyclic) bond motifs is 1. The predicted molar refractivity (Wildman–Crippen MR) is 96.4 cm³/mol. The molecule has 24 heavy (non-hydrogen) atoms. The van der Waals surface area contributed by atoms with Crippen LogP contribution in [0.3, 0.4) is 0 Å². The molecular formula is C21H26O3. The second kappa shape index (κ2) is 8.09. The van der Waals surface area contributed by atoms with Crippen LogP contribution in [-0.4, -0.2) is 17.9 Å². The molecule has 1 aromatic carbocycles. The lowest BCUT2D eigenvalue weighted by Crippen LogP contribution is -2.19. The molecule has 2 rings (SSSR count). The second-order valence-corrected chi connectivity index (χ2v) is 6.53. The van der Waals surface area contributed by atoms with Crippen LogP contribution in [0.25, 0.3) is 0 Å². The van der Waals surface area contributed by atoms with Gasteiger partial charge in [0.25, 0.3) is 0 Å². The van der Waals surface area contributed by atoms with Crippen LogP contribution in [0.5, 0.6) is 0 Å². The molecule has 0 aromatic heterocycles. The van der Waals surface area contributed by atoms with Crippen LogP contribution < -0.4 is 0 Å². The Hall–Kier alpha value is -2.16. The summed E-state index contributed by atoms with van der Waals surface area (Å²) in [5.41, 5.74) is 4.30. The smallest absolute Gasteiger partial charge is 0.338 e. The third-order valence-corrected chi connectivity index (χ3v) is 4.48. The Bertz CT molecular complexity index is 696. The maximum absolute atomic E-state index is 12.7. The molecule has 1 aliphatic rings. The highest BCUT2D eigenvalue weighted by Crippen LogP contribution is 2.25. The monoisotopic (exact) mass is 326 g/mol. The molecule has 0 aliphatic carbocycles. The Labute approximate surface area is 144 Å². The lowest BCUT2D eigenvalue weighted by atomic mass is 9.90. The summed E-state index contributed by atoms with van der Waals surface area (Å²) in [6.45, 7) is 7.77. The zero-order valence-electron chi connectivity index (χ0n) is 15.0. The number of cyclic esters (lactones) is 1. The minimum Gasteiger partial charge on any atom is -0.459 e. The summed E-state index contributed by atoms with van der Waals surface area (Å²) >= 11 is 0.